The third-order valence-corrected chi connectivity index (χ3v) is 3.99. The Hall–Kier alpha value is -1.09. The standard InChI is InChI=1S/C14H19FN2/c1-11-8-17(10-14(6-7-14)9-16-11)13-4-2-12(15)3-5-13/h2-5,11,16H,6-10H2,1H3. The summed E-state index contributed by atoms with van der Waals surface area (Å²) in [5, 5.41) is 3.59. The molecule has 1 saturated heterocycles. The molecule has 1 aromatic rings. The Labute approximate surface area is 102 Å². The van der Waals surface area contributed by atoms with Gasteiger partial charge in [-0.3, -0.25) is 0 Å². The molecule has 0 amide bonds. The molecule has 0 radical (unpaired) electrons. The molecule has 92 valence electrons. The van der Waals surface area contributed by atoms with Crippen LogP contribution in [0.3, 0.4) is 0 Å². The van der Waals surface area contributed by atoms with Crippen molar-refractivity contribution in [3.05, 3.63) is 30.1 Å². The van der Waals surface area contributed by atoms with Crippen LogP contribution in [-0.4, -0.2) is 25.7 Å². The Morgan fingerprint density at radius 1 is 1.29 bits per heavy atom. The van der Waals surface area contributed by atoms with Crippen LogP contribution in [0.15, 0.2) is 24.3 Å². The van der Waals surface area contributed by atoms with Crippen LogP contribution in [0.5, 0.6) is 0 Å². The number of benzene rings is 1. The molecule has 3 heteroatoms. The van der Waals surface area contributed by atoms with Crippen LogP contribution in [0.1, 0.15) is 19.8 Å². The van der Waals surface area contributed by atoms with Crippen molar-refractivity contribution >= 4 is 5.69 Å². The van der Waals surface area contributed by atoms with Gasteiger partial charge in [-0.25, -0.2) is 4.39 Å². The minimum atomic E-state index is -0.157. The van der Waals surface area contributed by atoms with Gasteiger partial charge in [-0.2, -0.15) is 0 Å². The zero-order valence-corrected chi connectivity index (χ0v) is 10.2. The molecule has 0 aromatic heterocycles. The van der Waals surface area contributed by atoms with Crippen LogP contribution in [0.2, 0.25) is 0 Å². The van der Waals surface area contributed by atoms with Gasteiger partial charge >= 0.3 is 0 Å². The maximum atomic E-state index is 12.9. The molecular weight excluding hydrogens is 215 g/mol. The molecule has 1 spiro atoms. The van der Waals surface area contributed by atoms with E-state index in [1.807, 2.05) is 12.1 Å². The van der Waals surface area contributed by atoms with Crippen molar-refractivity contribution in [2.45, 2.75) is 25.8 Å². The largest absolute Gasteiger partial charge is 0.369 e. The highest BCUT2D eigenvalue weighted by Crippen LogP contribution is 2.47. The number of hydrogen-bond donors (Lipinski definition) is 1. The molecule has 1 atom stereocenters. The predicted molar refractivity (Wildman–Crippen MR) is 67.7 cm³/mol. The molecule has 1 saturated carbocycles. The zero-order chi connectivity index (χ0) is 11.9. The predicted octanol–water partition coefficient (Wildman–Crippen LogP) is 2.40. The summed E-state index contributed by atoms with van der Waals surface area (Å²) in [5.41, 5.74) is 1.63. The van der Waals surface area contributed by atoms with Gasteiger partial charge in [-0.15, -0.1) is 0 Å². The summed E-state index contributed by atoms with van der Waals surface area (Å²) in [6.45, 7) is 5.47. The van der Waals surface area contributed by atoms with Gasteiger partial charge in [0.1, 0.15) is 5.82 Å². The van der Waals surface area contributed by atoms with E-state index in [0.717, 1.165) is 25.3 Å². The average Bonchev–Trinajstić information content (AvgIpc) is 3.09. The lowest BCUT2D eigenvalue weighted by Crippen LogP contribution is -2.35. The summed E-state index contributed by atoms with van der Waals surface area (Å²) in [4.78, 5) is 2.40. The van der Waals surface area contributed by atoms with Gasteiger partial charge in [0.25, 0.3) is 0 Å². The first-order valence-corrected chi connectivity index (χ1v) is 6.41. The van der Waals surface area contributed by atoms with Crippen LogP contribution >= 0.6 is 0 Å². The van der Waals surface area contributed by atoms with Crippen molar-refractivity contribution in [2.75, 3.05) is 24.5 Å². The maximum absolute atomic E-state index is 12.9. The summed E-state index contributed by atoms with van der Waals surface area (Å²) < 4.78 is 12.9. The fourth-order valence-corrected chi connectivity index (χ4v) is 2.67. The van der Waals surface area contributed by atoms with Crippen molar-refractivity contribution < 1.29 is 4.39 Å². The third-order valence-electron chi connectivity index (χ3n) is 3.99. The van der Waals surface area contributed by atoms with E-state index in [2.05, 4.69) is 17.1 Å². The first-order valence-electron chi connectivity index (χ1n) is 6.41. The first-order chi connectivity index (χ1) is 8.17. The van der Waals surface area contributed by atoms with Gasteiger partial charge in [-0.05, 0) is 44.0 Å². The van der Waals surface area contributed by atoms with E-state index < -0.39 is 0 Å². The number of nitrogens with zero attached hydrogens (tertiary/aromatic N) is 1. The normalized spacial score (nSPS) is 26.9. The number of hydrogen-bond acceptors (Lipinski definition) is 2. The van der Waals surface area contributed by atoms with Crippen LogP contribution in [-0.2, 0) is 0 Å². The lowest BCUT2D eigenvalue weighted by molar-refractivity contribution is 0.479. The van der Waals surface area contributed by atoms with Crippen molar-refractivity contribution in [3.8, 4) is 0 Å². The van der Waals surface area contributed by atoms with Gasteiger partial charge in [0, 0.05) is 36.8 Å². The molecule has 1 N–H and O–H groups in total. The van der Waals surface area contributed by atoms with Gasteiger partial charge in [0.15, 0.2) is 0 Å². The van der Waals surface area contributed by atoms with E-state index in [-0.39, 0.29) is 5.82 Å². The van der Waals surface area contributed by atoms with Crippen LogP contribution in [0, 0.1) is 11.2 Å². The quantitative estimate of drug-likeness (QED) is 0.802. The second kappa shape index (κ2) is 3.98. The first kappa shape index (κ1) is 11.0. The average molecular weight is 234 g/mol. The lowest BCUT2D eigenvalue weighted by Gasteiger charge is -2.27. The minimum absolute atomic E-state index is 0.157. The number of rotatable bonds is 1. The van der Waals surface area contributed by atoms with Crippen LogP contribution in [0.4, 0.5) is 10.1 Å². The third kappa shape index (κ3) is 2.29. The molecule has 0 bridgehead atoms. The Bertz CT molecular complexity index is 397. The molecule has 17 heavy (non-hydrogen) atoms. The fraction of sp³-hybridized carbons (Fsp3) is 0.571. The molecule has 2 fully saturated rings. The Kier molecular flexibility index (Phi) is 2.58. The summed E-state index contributed by atoms with van der Waals surface area (Å²) in [5.74, 6) is -0.157. The lowest BCUT2D eigenvalue weighted by atomic mass is 10.1. The molecule has 2 aliphatic rings. The van der Waals surface area contributed by atoms with E-state index in [4.69, 9.17) is 0 Å². The number of nitrogens with one attached hydrogen (secondary N) is 1. The van der Waals surface area contributed by atoms with Gasteiger partial charge in [0.2, 0.25) is 0 Å². The molecule has 1 aromatic carbocycles. The SMILES string of the molecule is CC1CN(c2ccc(F)cc2)CC2(CC2)CN1. The van der Waals surface area contributed by atoms with Crippen LogP contribution in [0.25, 0.3) is 0 Å². The van der Waals surface area contributed by atoms with Crippen molar-refractivity contribution in [3.63, 3.8) is 0 Å². The molecule has 1 aliphatic heterocycles. The minimum Gasteiger partial charge on any atom is -0.369 e. The fourth-order valence-electron chi connectivity index (χ4n) is 2.67. The maximum Gasteiger partial charge on any atom is 0.123 e. The Balaban J connectivity index is 1.82. The molecule has 3 rings (SSSR count). The monoisotopic (exact) mass is 234 g/mol. The summed E-state index contributed by atoms with van der Waals surface area (Å²) in [6, 6.07) is 7.39. The summed E-state index contributed by atoms with van der Waals surface area (Å²) >= 11 is 0. The van der Waals surface area contributed by atoms with Gasteiger partial charge in [0.05, 0.1) is 0 Å². The van der Waals surface area contributed by atoms with Crippen LogP contribution < -0.4 is 10.2 Å². The molecule has 1 unspecified atom stereocenters. The Morgan fingerprint density at radius 2 is 2.00 bits per heavy atom. The molecule has 1 heterocycles. The smallest absolute Gasteiger partial charge is 0.123 e. The Morgan fingerprint density at radius 3 is 2.65 bits per heavy atom. The number of anilines is 1. The van der Waals surface area contributed by atoms with Crippen molar-refractivity contribution in [2.24, 2.45) is 5.41 Å². The molecule has 2 nitrogen and oxygen atoms in total. The molecular formula is C14H19FN2. The van der Waals surface area contributed by atoms with Gasteiger partial charge < -0.3 is 10.2 Å². The van der Waals surface area contributed by atoms with E-state index >= 15 is 0 Å². The number of halogens is 1. The van der Waals surface area contributed by atoms with E-state index in [9.17, 15) is 4.39 Å². The zero-order valence-electron chi connectivity index (χ0n) is 10.2. The topological polar surface area (TPSA) is 15.3 Å². The van der Waals surface area contributed by atoms with E-state index in [1.54, 1.807) is 12.1 Å². The second-order valence-electron chi connectivity index (χ2n) is 5.64. The van der Waals surface area contributed by atoms with Gasteiger partial charge in [-0.1, -0.05) is 0 Å². The molecule has 1 aliphatic carbocycles. The van der Waals surface area contributed by atoms with E-state index in [0.29, 0.717) is 11.5 Å². The van der Waals surface area contributed by atoms with E-state index in [1.165, 1.54) is 12.8 Å². The highest BCUT2D eigenvalue weighted by molar-refractivity contribution is 5.47. The summed E-state index contributed by atoms with van der Waals surface area (Å²) in [7, 11) is 0. The highest BCUT2D eigenvalue weighted by Gasteiger charge is 2.45. The van der Waals surface area contributed by atoms with Crippen molar-refractivity contribution in [1.82, 2.24) is 5.32 Å². The van der Waals surface area contributed by atoms with Crippen molar-refractivity contribution in [1.29, 1.82) is 0 Å². The highest BCUT2D eigenvalue weighted by atomic mass is 19.1. The second-order valence-corrected chi connectivity index (χ2v) is 5.64. The summed E-state index contributed by atoms with van der Waals surface area (Å²) in [6.07, 6.45) is 2.65.